The summed E-state index contributed by atoms with van der Waals surface area (Å²) in [6, 6.07) is 0. The predicted octanol–water partition coefficient (Wildman–Crippen LogP) is 3.30. The molecule has 0 spiro atoms. The van der Waals surface area contributed by atoms with Crippen LogP contribution in [0.5, 0.6) is 0 Å². The number of thiazole rings is 1. The van der Waals surface area contributed by atoms with Gasteiger partial charge in [0.15, 0.2) is 0 Å². The lowest BCUT2D eigenvalue weighted by Gasteiger charge is -2.02. The van der Waals surface area contributed by atoms with Gasteiger partial charge in [0, 0.05) is 16.7 Å². The molecule has 0 radical (unpaired) electrons. The first-order valence-corrected chi connectivity index (χ1v) is 7.18. The summed E-state index contributed by atoms with van der Waals surface area (Å²) in [5.74, 6) is 0.102. The molecule has 2 fully saturated rings. The lowest BCUT2D eigenvalue weighted by molar-refractivity contribution is -0.138. The van der Waals surface area contributed by atoms with Gasteiger partial charge in [-0.3, -0.25) is 4.79 Å². The van der Waals surface area contributed by atoms with Gasteiger partial charge in [0.05, 0.1) is 16.6 Å². The zero-order valence-electron chi connectivity index (χ0n) is 9.98. The van der Waals surface area contributed by atoms with Crippen molar-refractivity contribution in [2.75, 3.05) is 0 Å². The molecule has 92 valence electrons. The van der Waals surface area contributed by atoms with Crippen molar-refractivity contribution in [2.24, 2.45) is 5.92 Å². The number of aromatic nitrogens is 1. The summed E-state index contributed by atoms with van der Waals surface area (Å²) in [6.45, 7) is 2.03. The van der Waals surface area contributed by atoms with Crippen LogP contribution in [0.15, 0.2) is 0 Å². The SMILES string of the molecule is Cc1nc(C2CCCC2)sc1C1CC1C(=O)O. The van der Waals surface area contributed by atoms with Crippen LogP contribution in [0, 0.1) is 12.8 Å². The van der Waals surface area contributed by atoms with Crippen LogP contribution in [0.2, 0.25) is 0 Å². The molecule has 2 unspecified atom stereocenters. The Morgan fingerprint density at radius 3 is 2.71 bits per heavy atom. The molecular formula is C13H17NO2S. The summed E-state index contributed by atoms with van der Waals surface area (Å²) in [6.07, 6.45) is 5.97. The molecule has 3 rings (SSSR count). The number of nitrogens with zero attached hydrogens (tertiary/aromatic N) is 1. The predicted molar refractivity (Wildman–Crippen MR) is 66.5 cm³/mol. The molecule has 1 aromatic rings. The van der Waals surface area contributed by atoms with Gasteiger partial charge >= 0.3 is 5.97 Å². The van der Waals surface area contributed by atoms with Crippen molar-refractivity contribution in [1.29, 1.82) is 0 Å². The molecule has 0 bridgehead atoms. The van der Waals surface area contributed by atoms with E-state index in [1.165, 1.54) is 35.6 Å². The maximum absolute atomic E-state index is 10.9. The Morgan fingerprint density at radius 2 is 2.12 bits per heavy atom. The van der Waals surface area contributed by atoms with Gasteiger partial charge in [-0.05, 0) is 26.2 Å². The Labute approximate surface area is 105 Å². The summed E-state index contributed by atoms with van der Waals surface area (Å²) in [5, 5.41) is 10.2. The van der Waals surface area contributed by atoms with Crippen molar-refractivity contribution in [3.05, 3.63) is 15.6 Å². The van der Waals surface area contributed by atoms with Crippen LogP contribution in [0.4, 0.5) is 0 Å². The number of aryl methyl sites for hydroxylation is 1. The third kappa shape index (κ3) is 1.99. The zero-order chi connectivity index (χ0) is 12.0. The highest BCUT2D eigenvalue weighted by molar-refractivity contribution is 7.12. The third-order valence-corrected chi connectivity index (χ3v) is 5.45. The van der Waals surface area contributed by atoms with E-state index in [0.717, 1.165) is 12.1 Å². The minimum atomic E-state index is -0.648. The molecule has 2 aliphatic rings. The van der Waals surface area contributed by atoms with Crippen molar-refractivity contribution >= 4 is 17.3 Å². The standard InChI is InChI=1S/C13H17NO2S/c1-7-11(9-6-10(9)13(15)16)17-12(14-7)8-4-2-3-5-8/h8-10H,2-6H2,1H3,(H,15,16). The van der Waals surface area contributed by atoms with Crippen molar-refractivity contribution < 1.29 is 9.90 Å². The normalized spacial score (nSPS) is 28.5. The average Bonchev–Trinajstić information content (AvgIpc) is 2.73. The van der Waals surface area contributed by atoms with Crippen LogP contribution in [-0.2, 0) is 4.79 Å². The van der Waals surface area contributed by atoms with Gasteiger partial charge in [0.1, 0.15) is 0 Å². The Kier molecular flexibility index (Phi) is 2.69. The molecular weight excluding hydrogens is 234 g/mol. The minimum Gasteiger partial charge on any atom is -0.481 e. The molecule has 2 atom stereocenters. The first kappa shape index (κ1) is 11.2. The third-order valence-electron chi connectivity index (χ3n) is 4.00. The first-order valence-electron chi connectivity index (χ1n) is 6.37. The maximum Gasteiger partial charge on any atom is 0.307 e. The molecule has 0 amide bonds. The van der Waals surface area contributed by atoms with Crippen molar-refractivity contribution in [1.82, 2.24) is 4.98 Å². The Balaban J connectivity index is 1.79. The summed E-state index contributed by atoms with van der Waals surface area (Å²) in [5.41, 5.74) is 1.07. The first-order chi connectivity index (χ1) is 8.16. The van der Waals surface area contributed by atoms with E-state index >= 15 is 0 Å². The molecule has 0 aromatic carbocycles. The quantitative estimate of drug-likeness (QED) is 0.896. The van der Waals surface area contributed by atoms with Crippen LogP contribution in [0.25, 0.3) is 0 Å². The summed E-state index contributed by atoms with van der Waals surface area (Å²) in [4.78, 5) is 16.8. The number of hydrogen-bond donors (Lipinski definition) is 1. The van der Waals surface area contributed by atoms with Gasteiger partial charge in [-0.1, -0.05) is 12.8 Å². The maximum atomic E-state index is 10.9. The Morgan fingerprint density at radius 1 is 1.41 bits per heavy atom. The van der Waals surface area contributed by atoms with E-state index < -0.39 is 5.97 Å². The average molecular weight is 251 g/mol. The van der Waals surface area contributed by atoms with Gasteiger partial charge in [-0.15, -0.1) is 11.3 Å². The number of carboxylic acid groups (broad SMARTS) is 1. The summed E-state index contributed by atoms with van der Waals surface area (Å²) in [7, 11) is 0. The Hall–Kier alpha value is -0.900. The number of carboxylic acids is 1. The fourth-order valence-corrected chi connectivity index (χ4v) is 4.29. The van der Waals surface area contributed by atoms with Crippen LogP contribution in [0.3, 0.4) is 0 Å². The van der Waals surface area contributed by atoms with E-state index in [-0.39, 0.29) is 11.8 Å². The highest BCUT2D eigenvalue weighted by atomic mass is 32.1. The Bertz CT molecular complexity index is 448. The highest BCUT2D eigenvalue weighted by Gasteiger charge is 2.46. The second kappa shape index (κ2) is 4.09. The fourth-order valence-electron chi connectivity index (χ4n) is 2.88. The van der Waals surface area contributed by atoms with Crippen LogP contribution in [0.1, 0.15) is 59.5 Å². The molecule has 2 saturated carbocycles. The molecule has 3 nitrogen and oxygen atoms in total. The van der Waals surface area contributed by atoms with E-state index in [1.54, 1.807) is 11.3 Å². The van der Waals surface area contributed by atoms with Gasteiger partial charge in [0.2, 0.25) is 0 Å². The van der Waals surface area contributed by atoms with Crippen molar-refractivity contribution in [3.8, 4) is 0 Å². The van der Waals surface area contributed by atoms with E-state index in [9.17, 15) is 4.79 Å². The summed E-state index contributed by atoms with van der Waals surface area (Å²) < 4.78 is 0. The number of aliphatic carboxylic acids is 1. The number of hydrogen-bond acceptors (Lipinski definition) is 3. The fraction of sp³-hybridized carbons (Fsp3) is 0.692. The highest BCUT2D eigenvalue weighted by Crippen LogP contribution is 2.51. The molecule has 1 N–H and O–H groups in total. The van der Waals surface area contributed by atoms with E-state index in [4.69, 9.17) is 5.11 Å². The van der Waals surface area contributed by atoms with Gasteiger partial charge in [-0.2, -0.15) is 0 Å². The molecule has 0 aliphatic heterocycles. The zero-order valence-corrected chi connectivity index (χ0v) is 10.8. The topological polar surface area (TPSA) is 50.2 Å². The molecule has 1 heterocycles. The smallest absolute Gasteiger partial charge is 0.307 e. The second-order valence-corrected chi connectivity index (χ2v) is 6.33. The lowest BCUT2D eigenvalue weighted by Crippen LogP contribution is -1.98. The van der Waals surface area contributed by atoms with E-state index in [1.807, 2.05) is 6.92 Å². The number of carbonyl (C=O) groups is 1. The second-order valence-electron chi connectivity index (χ2n) is 5.27. The van der Waals surface area contributed by atoms with Crippen molar-refractivity contribution in [2.45, 2.75) is 50.9 Å². The molecule has 17 heavy (non-hydrogen) atoms. The number of rotatable bonds is 3. The van der Waals surface area contributed by atoms with Crippen LogP contribution in [-0.4, -0.2) is 16.1 Å². The molecule has 4 heteroatoms. The van der Waals surface area contributed by atoms with Gasteiger partial charge in [-0.25, -0.2) is 4.98 Å². The summed E-state index contributed by atoms with van der Waals surface area (Å²) >= 11 is 1.77. The molecule has 2 aliphatic carbocycles. The molecule has 1 aromatic heterocycles. The van der Waals surface area contributed by atoms with E-state index in [0.29, 0.717) is 5.92 Å². The minimum absolute atomic E-state index is 0.148. The van der Waals surface area contributed by atoms with Gasteiger partial charge in [0.25, 0.3) is 0 Å². The van der Waals surface area contributed by atoms with Gasteiger partial charge < -0.3 is 5.11 Å². The van der Waals surface area contributed by atoms with Crippen molar-refractivity contribution in [3.63, 3.8) is 0 Å². The van der Waals surface area contributed by atoms with E-state index in [2.05, 4.69) is 4.98 Å². The van der Waals surface area contributed by atoms with Crippen LogP contribution < -0.4 is 0 Å². The lowest BCUT2D eigenvalue weighted by atomic mass is 10.1. The largest absolute Gasteiger partial charge is 0.481 e. The monoisotopic (exact) mass is 251 g/mol. The van der Waals surface area contributed by atoms with Crippen LogP contribution >= 0.6 is 11.3 Å². The molecule has 0 saturated heterocycles.